The van der Waals surface area contributed by atoms with Gasteiger partial charge in [0.05, 0.1) is 5.54 Å². The van der Waals surface area contributed by atoms with E-state index in [0.29, 0.717) is 6.54 Å². The Balaban J connectivity index is 0.00000176. The van der Waals surface area contributed by atoms with Crippen LogP contribution in [0.2, 0.25) is 5.02 Å². The Kier molecular flexibility index (Phi) is 5.37. The molecular weight excluding hydrogens is 321 g/mol. The van der Waals surface area contributed by atoms with Crippen LogP contribution in [-0.2, 0) is 11.2 Å². The molecule has 0 aliphatic heterocycles. The maximum absolute atomic E-state index is 12.1. The summed E-state index contributed by atoms with van der Waals surface area (Å²) in [5.41, 5.74) is 7.71. The fourth-order valence-corrected chi connectivity index (χ4v) is 3.25. The zero-order chi connectivity index (χ0) is 14.9. The molecule has 22 heavy (non-hydrogen) atoms. The number of carbonyl (C=O) groups excluding carboxylic acids is 1. The quantitative estimate of drug-likeness (QED) is 0.799. The number of H-pyrrole nitrogens is 1. The molecule has 0 radical (unpaired) electrons. The average molecular weight is 342 g/mol. The van der Waals surface area contributed by atoms with E-state index in [9.17, 15) is 4.79 Å². The van der Waals surface area contributed by atoms with Crippen molar-refractivity contribution in [3.63, 3.8) is 0 Å². The first kappa shape index (κ1) is 17.1. The fourth-order valence-electron chi connectivity index (χ4n) is 3.08. The fraction of sp³-hybridized carbons (Fsp3) is 0.438. The first-order valence-electron chi connectivity index (χ1n) is 7.41. The Morgan fingerprint density at radius 2 is 2.09 bits per heavy atom. The minimum atomic E-state index is -0.649. The number of fused-ring (bicyclic) bond motifs is 1. The van der Waals surface area contributed by atoms with Crippen LogP contribution in [0.5, 0.6) is 0 Å². The van der Waals surface area contributed by atoms with Gasteiger partial charge in [-0.1, -0.05) is 24.4 Å². The van der Waals surface area contributed by atoms with E-state index >= 15 is 0 Å². The minimum Gasteiger partial charge on any atom is -0.361 e. The second-order valence-corrected chi connectivity index (χ2v) is 6.31. The van der Waals surface area contributed by atoms with Gasteiger partial charge in [-0.3, -0.25) is 4.79 Å². The number of hydrogen-bond acceptors (Lipinski definition) is 2. The molecule has 0 bridgehead atoms. The third-order valence-corrected chi connectivity index (χ3v) is 4.59. The number of rotatable bonds is 4. The van der Waals surface area contributed by atoms with E-state index in [4.69, 9.17) is 17.3 Å². The molecule has 1 saturated carbocycles. The van der Waals surface area contributed by atoms with E-state index in [1.807, 2.05) is 24.4 Å². The Hall–Kier alpha value is -1.23. The second kappa shape index (κ2) is 6.90. The molecule has 0 saturated heterocycles. The van der Waals surface area contributed by atoms with Gasteiger partial charge in [0.25, 0.3) is 0 Å². The van der Waals surface area contributed by atoms with Gasteiger partial charge in [0.1, 0.15) is 0 Å². The van der Waals surface area contributed by atoms with E-state index in [-0.39, 0.29) is 18.3 Å². The van der Waals surface area contributed by atoms with Gasteiger partial charge >= 0.3 is 0 Å². The topological polar surface area (TPSA) is 70.9 Å². The lowest BCUT2D eigenvalue weighted by atomic mass is 9.98. The van der Waals surface area contributed by atoms with Crippen LogP contribution in [0.3, 0.4) is 0 Å². The number of amides is 1. The summed E-state index contributed by atoms with van der Waals surface area (Å²) in [5, 5.41) is 4.80. The van der Waals surface area contributed by atoms with E-state index in [1.165, 1.54) is 0 Å². The van der Waals surface area contributed by atoms with Gasteiger partial charge in [-0.15, -0.1) is 12.4 Å². The van der Waals surface area contributed by atoms with Crippen LogP contribution in [0.4, 0.5) is 0 Å². The number of carbonyl (C=O) groups is 1. The molecule has 1 aromatic carbocycles. The monoisotopic (exact) mass is 341 g/mol. The first-order valence-corrected chi connectivity index (χ1v) is 7.79. The van der Waals surface area contributed by atoms with Crippen molar-refractivity contribution in [1.82, 2.24) is 10.3 Å². The minimum absolute atomic E-state index is 0. The molecule has 1 aliphatic rings. The van der Waals surface area contributed by atoms with Crippen LogP contribution in [-0.4, -0.2) is 23.0 Å². The molecule has 0 atom stereocenters. The summed E-state index contributed by atoms with van der Waals surface area (Å²) in [4.78, 5) is 15.4. The van der Waals surface area contributed by atoms with Crippen molar-refractivity contribution in [2.45, 2.75) is 37.6 Å². The van der Waals surface area contributed by atoms with Gasteiger partial charge < -0.3 is 16.0 Å². The molecule has 1 fully saturated rings. The molecule has 0 unspecified atom stereocenters. The molecular formula is C16H21Cl2N3O. The van der Waals surface area contributed by atoms with Crippen LogP contribution in [0.15, 0.2) is 24.4 Å². The molecule has 0 spiro atoms. The van der Waals surface area contributed by atoms with Gasteiger partial charge in [-0.25, -0.2) is 0 Å². The SMILES string of the molecule is Cl.NC1(C(=O)NCCc2c[nH]c3ccc(Cl)cc23)CCCC1. The zero-order valence-electron chi connectivity index (χ0n) is 12.3. The van der Waals surface area contributed by atoms with Crippen LogP contribution < -0.4 is 11.1 Å². The van der Waals surface area contributed by atoms with E-state index < -0.39 is 5.54 Å². The molecule has 4 nitrogen and oxygen atoms in total. The zero-order valence-corrected chi connectivity index (χ0v) is 13.9. The van der Waals surface area contributed by atoms with Crippen molar-refractivity contribution in [3.05, 3.63) is 35.0 Å². The molecule has 2 aromatic rings. The Labute approximate surface area is 141 Å². The van der Waals surface area contributed by atoms with Crippen molar-refractivity contribution in [1.29, 1.82) is 0 Å². The predicted molar refractivity (Wildman–Crippen MR) is 92.7 cm³/mol. The van der Waals surface area contributed by atoms with Gasteiger partial charge in [0, 0.05) is 28.7 Å². The standard InChI is InChI=1S/C16H20ClN3O.ClH/c17-12-3-4-14-13(9-12)11(10-20-14)5-8-19-15(21)16(18)6-1-2-7-16;/h3-4,9-10,20H,1-2,5-8,18H2,(H,19,21);1H. The molecule has 3 rings (SSSR count). The number of benzene rings is 1. The Morgan fingerprint density at radius 3 is 2.82 bits per heavy atom. The summed E-state index contributed by atoms with van der Waals surface area (Å²) in [6.07, 6.45) is 6.42. The number of aromatic nitrogens is 1. The lowest BCUT2D eigenvalue weighted by Gasteiger charge is -2.22. The lowest BCUT2D eigenvalue weighted by Crippen LogP contribution is -2.52. The second-order valence-electron chi connectivity index (χ2n) is 5.87. The highest BCUT2D eigenvalue weighted by atomic mass is 35.5. The maximum Gasteiger partial charge on any atom is 0.240 e. The number of nitrogens with two attached hydrogens (primary N) is 1. The average Bonchev–Trinajstić information content (AvgIpc) is 3.06. The molecule has 4 N–H and O–H groups in total. The van der Waals surface area contributed by atoms with Gasteiger partial charge in [0.15, 0.2) is 0 Å². The molecule has 1 amide bonds. The van der Waals surface area contributed by atoms with Crippen molar-refractivity contribution < 1.29 is 4.79 Å². The van der Waals surface area contributed by atoms with E-state index in [2.05, 4.69) is 10.3 Å². The number of hydrogen-bond donors (Lipinski definition) is 3. The first-order chi connectivity index (χ1) is 10.1. The van der Waals surface area contributed by atoms with Crippen molar-refractivity contribution in [2.24, 2.45) is 5.73 Å². The molecule has 1 heterocycles. The third-order valence-electron chi connectivity index (χ3n) is 4.36. The summed E-state index contributed by atoms with van der Waals surface area (Å²) in [6, 6.07) is 5.78. The van der Waals surface area contributed by atoms with Crippen LogP contribution >= 0.6 is 24.0 Å². The number of aromatic amines is 1. The maximum atomic E-state index is 12.1. The van der Waals surface area contributed by atoms with Gasteiger partial charge in [-0.05, 0) is 43.0 Å². The summed E-state index contributed by atoms with van der Waals surface area (Å²) in [5.74, 6) is -0.0159. The Morgan fingerprint density at radius 1 is 1.36 bits per heavy atom. The van der Waals surface area contributed by atoms with Crippen molar-refractivity contribution in [3.8, 4) is 0 Å². The van der Waals surface area contributed by atoms with Crippen molar-refractivity contribution in [2.75, 3.05) is 6.54 Å². The molecule has 120 valence electrons. The largest absolute Gasteiger partial charge is 0.361 e. The molecule has 1 aromatic heterocycles. The predicted octanol–water partition coefficient (Wildman–Crippen LogP) is 3.17. The van der Waals surface area contributed by atoms with E-state index in [1.54, 1.807) is 0 Å². The molecule has 1 aliphatic carbocycles. The molecule has 6 heteroatoms. The number of nitrogens with one attached hydrogen (secondary N) is 2. The number of halogens is 2. The third kappa shape index (κ3) is 3.40. The van der Waals surface area contributed by atoms with E-state index in [0.717, 1.165) is 53.6 Å². The van der Waals surface area contributed by atoms with Gasteiger partial charge in [-0.2, -0.15) is 0 Å². The highest BCUT2D eigenvalue weighted by Crippen LogP contribution is 2.27. The van der Waals surface area contributed by atoms with Crippen LogP contribution in [0, 0.1) is 0 Å². The summed E-state index contributed by atoms with van der Waals surface area (Å²) in [6.45, 7) is 0.594. The highest BCUT2D eigenvalue weighted by molar-refractivity contribution is 6.31. The smallest absolute Gasteiger partial charge is 0.240 e. The van der Waals surface area contributed by atoms with Gasteiger partial charge in [0.2, 0.25) is 5.91 Å². The summed E-state index contributed by atoms with van der Waals surface area (Å²) in [7, 11) is 0. The lowest BCUT2D eigenvalue weighted by molar-refractivity contribution is -0.126. The van der Waals surface area contributed by atoms with Crippen LogP contribution in [0.1, 0.15) is 31.2 Å². The summed E-state index contributed by atoms with van der Waals surface area (Å²) < 4.78 is 0. The van der Waals surface area contributed by atoms with Crippen molar-refractivity contribution >= 4 is 40.8 Å². The Bertz CT molecular complexity index is 662. The normalized spacial score (nSPS) is 16.5. The summed E-state index contributed by atoms with van der Waals surface area (Å²) >= 11 is 6.04. The highest BCUT2D eigenvalue weighted by Gasteiger charge is 2.36. The van der Waals surface area contributed by atoms with Crippen LogP contribution in [0.25, 0.3) is 10.9 Å².